The topological polar surface area (TPSA) is 369 Å². The molecule has 8 aromatic rings. The molecule has 0 spiro atoms. The average molecular weight is 1440 g/mol. The summed E-state index contributed by atoms with van der Waals surface area (Å²) in [5.74, 6) is -3.03. The summed E-state index contributed by atoms with van der Waals surface area (Å²) in [5.41, 5.74) is 5.31. The number of aromatic nitrogens is 8. The zero-order valence-electron chi connectivity index (χ0n) is 51.7. The van der Waals surface area contributed by atoms with Crippen LogP contribution in [0.25, 0.3) is 0 Å². The summed E-state index contributed by atoms with van der Waals surface area (Å²) < 4.78 is 6.32. The number of aromatic amines is 4. The van der Waals surface area contributed by atoms with Gasteiger partial charge in [-0.2, -0.15) is 0 Å². The normalized spacial score (nSPS) is 10.7. The second-order valence-electron chi connectivity index (χ2n) is 22.2. The van der Waals surface area contributed by atoms with Crippen LogP contribution in [0.3, 0.4) is 0 Å². The number of rotatable bonds is 30. The first kappa shape index (κ1) is 75.4. The predicted octanol–water partition coefficient (Wildman–Crippen LogP) is 8.80. The van der Waals surface area contributed by atoms with E-state index in [9.17, 15) is 57.5 Å². The van der Waals surface area contributed by atoms with Crippen LogP contribution in [0.2, 0.25) is 5.02 Å². The summed E-state index contributed by atoms with van der Waals surface area (Å²) in [6, 6.07) is 31.4. The van der Waals surface area contributed by atoms with Gasteiger partial charge in [-0.05, 0) is 160 Å². The SMILES string of the molecule is Cc1cn(Cc2ccc(CCCCC(=O)O)cc2)c(=O)[nH]c1=O.O=C(O)CCCCCc1ccc(Cn2cc(Br)c(=O)[nH]c2=O)cc1.O=C(O)CCCCCc1ccc(Cn2cc(Cl)c(=O)[nH]c2=O)cc1.O=C(O)CCCCc1ccc(Cn2cc(Br)c(=O)[nH]c2=O)cc1. The summed E-state index contributed by atoms with van der Waals surface area (Å²) in [6.07, 6.45) is 18.3. The molecule has 0 amide bonds. The number of hydrogen-bond donors (Lipinski definition) is 8. The zero-order valence-corrected chi connectivity index (χ0v) is 55.6. The fraction of sp³-hybridized carbons (Fsp3) is 0.343. The van der Waals surface area contributed by atoms with Gasteiger partial charge >= 0.3 is 46.6 Å². The second kappa shape index (κ2) is 39.3. The van der Waals surface area contributed by atoms with Crippen molar-refractivity contribution in [3.8, 4) is 0 Å². The number of nitrogens with zero attached hydrogens (tertiary/aromatic N) is 4. The van der Waals surface area contributed by atoms with Gasteiger partial charge in [-0.3, -0.25) is 76.6 Å². The van der Waals surface area contributed by atoms with Gasteiger partial charge in [0.15, 0.2) is 0 Å². The third kappa shape index (κ3) is 27.9. The highest BCUT2D eigenvalue weighted by molar-refractivity contribution is 9.10. The molecular weight excluding hydrogens is 1370 g/mol. The minimum absolute atomic E-state index is 0.0208. The highest BCUT2D eigenvalue weighted by Gasteiger charge is 2.09. The Morgan fingerprint density at radius 1 is 0.340 bits per heavy atom. The highest BCUT2D eigenvalue weighted by atomic mass is 79.9. The van der Waals surface area contributed by atoms with Gasteiger partial charge in [0.2, 0.25) is 0 Å². The molecule has 0 aliphatic rings. The third-order valence-corrected chi connectivity index (χ3v) is 15.9. The van der Waals surface area contributed by atoms with Crippen molar-refractivity contribution in [2.75, 3.05) is 0 Å². The van der Waals surface area contributed by atoms with E-state index in [1.165, 1.54) is 48.0 Å². The summed E-state index contributed by atoms with van der Waals surface area (Å²) in [4.78, 5) is 143. The molecule has 4 heterocycles. The maximum atomic E-state index is 11.8. The number of aryl methyl sites for hydroxylation is 5. The van der Waals surface area contributed by atoms with E-state index in [0.717, 1.165) is 97.6 Å². The highest BCUT2D eigenvalue weighted by Crippen LogP contribution is 2.15. The van der Waals surface area contributed by atoms with Gasteiger partial charge in [0.25, 0.3) is 22.2 Å². The van der Waals surface area contributed by atoms with E-state index in [1.807, 2.05) is 97.1 Å². The average Bonchev–Trinajstić information content (AvgIpc) is 0.895. The molecule has 8 N–H and O–H groups in total. The third-order valence-electron chi connectivity index (χ3n) is 14.5. The molecule has 4 aromatic carbocycles. The molecule has 0 atom stereocenters. The number of halogens is 3. The number of carboxylic acids is 4. The summed E-state index contributed by atoms with van der Waals surface area (Å²) >= 11 is 12.0. The van der Waals surface area contributed by atoms with Crippen molar-refractivity contribution in [1.82, 2.24) is 38.2 Å². The van der Waals surface area contributed by atoms with Crippen molar-refractivity contribution < 1.29 is 39.6 Å². The van der Waals surface area contributed by atoms with E-state index in [2.05, 4.69) is 51.8 Å². The number of nitrogens with one attached hydrogen (secondary N) is 4. The lowest BCUT2D eigenvalue weighted by Gasteiger charge is -2.07. The molecule has 27 heteroatoms. The van der Waals surface area contributed by atoms with Gasteiger partial charge in [-0.15, -0.1) is 0 Å². The number of benzene rings is 4. The lowest BCUT2D eigenvalue weighted by molar-refractivity contribution is -0.138. The first-order valence-electron chi connectivity index (χ1n) is 30.3. The Morgan fingerprint density at radius 2 is 0.574 bits per heavy atom. The molecule has 0 bridgehead atoms. The largest absolute Gasteiger partial charge is 0.481 e. The van der Waals surface area contributed by atoms with Gasteiger partial charge in [0.05, 0.1) is 35.1 Å². The van der Waals surface area contributed by atoms with Gasteiger partial charge in [-0.25, -0.2) is 19.2 Å². The number of carboxylic acid groups (broad SMARTS) is 4. The Bertz CT molecular complexity index is 4030. The van der Waals surface area contributed by atoms with Crippen molar-refractivity contribution in [1.29, 1.82) is 0 Å². The quantitative estimate of drug-likeness (QED) is 0.0195. The fourth-order valence-corrected chi connectivity index (χ4v) is 10.2. The molecule has 0 fully saturated rings. The van der Waals surface area contributed by atoms with Crippen LogP contribution < -0.4 is 45.0 Å². The first-order chi connectivity index (χ1) is 44.8. The lowest BCUT2D eigenvalue weighted by atomic mass is 10.0. The molecule has 500 valence electrons. The van der Waals surface area contributed by atoms with Gasteiger partial charge in [0, 0.05) is 56.0 Å². The molecule has 0 radical (unpaired) electrons. The van der Waals surface area contributed by atoms with E-state index in [1.54, 1.807) is 13.1 Å². The number of unbranched alkanes of at least 4 members (excludes halogenated alkanes) is 6. The molecular formula is C67H75Br2ClN8O16. The minimum Gasteiger partial charge on any atom is -0.481 e. The molecule has 8 rings (SSSR count). The minimum atomic E-state index is -0.766. The van der Waals surface area contributed by atoms with Crippen LogP contribution in [0.4, 0.5) is 0 Å². The summed E-state index contributed by atoms with van der Waals surface area (Å²) in [6.45, 7) is 3.14. The molecule has 0 saturated carbocycles. The van der Waals surface area contributed by atoms with E-state index in [4.69, 9.17) is 32.0 Å². The van der Waals surface area contributed by atoms with E-state index in [-0.39, 0.29) is 36.3 Å². The van der Waals surface area contributed by atoms with Crippen LogP contribution in [-0.2, 0) is 71.0 Å². The van der Waals surface area contributed by atoms with Gasteiger partial charge < -0.3 is 20.4 Å². The Balaban J connectivity index is 0.000000227. The van der Waals surface area contributed by atoms with Crippen LogP contribution in [-0.4, -0.2) is 82.5 Å². The predicted molar refractivity (Wildman–Crippen MR) is 363 cm³/mol. The number of hydrogen-bond acceptors (Lipinski definition) is 12. The molecule has 0 unspecified atom stereocenters. The van der Waals surface area contributed by atoms with Crippen LogP contribution in [0, 0.1) is 6.92 Å². The second-order valence-corrected chi connectivity index (χ2v) is 24.3. The van der Waals surface area contributed by atoms with Crippen molar-refractivity contribution in [3.05, 3.63) is 269 Å². The monoisotopic (exact) mass is 1440 g/mol. The van der Waals surface area contributed by atoms with Gasteiger partial charge in [0.1, 0.15) is 5.02 Å². The molecule has 94 heavy (non-hydrogen) atoms. The van der Waals surface area contributed by atoms with Crippen LogP contribution in [0.1, 0.15) is 140 Å². The first-order valence-corrected chi connectivity index (χ1v) is 32.2. The Hall–Kier alpha value is -9.27. The van der Waals surface area contributed by atoms with Crippen LogP contribution in [0.15, 0.2) is 169 Å². The summed E-state index contributed by atoms with van der Waals surface area (Å²) in [5, 5.41) is 34.3. The Morgan fingerprint density at radius 3 is 0.872 bits per heavy atom. The molecule has 24 nitrogen and oxygen atoms in total. The molecule has 0 aliphatic carbocycles. The van der Waals surface area contributed by atoms with Crippen molar-refractivity contribution in [2.45, 2.75) is 149 Å². The Kier molecular flexibility index (Phi) is 31.6. The van der Waals surface area contributed by atoms with E-state index >= 15 is 0 Å². The number of H-pyrrole nitrogens is 4. The van der Waals surface area contributed by atoms with Crippen molar-refractivity contribution in [3.63, 3.8) is 0 Å². The maximum absolute atomic E-state index is 11.8. The standard InChI is InChI=1S/C17H19BrN2O4.C17H19ClN2O4.C17H20N2O4.C16H17BrN2O4/c2*18-14-11-20(17(24)19-16(14)23)10-13-8-6-12(7-9-13)4-2-1-3-5-15(21)22;1-12-10-19(17(23)18-16(12)22)11-14-8-6-13(7-9-14)4-2-3-5-15(20)21;17-13-10-19(16(23)18-15(13)22)9-12-7-5-11(6-8-12)3-1-2-4-14(20)21/h2*6-9,11H,1-5,10H2,(H,21,22)(H,19,23,24);6-10H,2-5,11H2,1H3,(H,20,21)(H,18,22,23);5-8,10H,1-4,9H2,(H,20,21)(H,18,22,23). The molecule has 4 aromatic heterocycles. The van der Waals surface area contributed by atoms with E-state index in [0.29, 0.717) is 66.4 Å². The Labute approximate surface area is 559 Å². The van der Waals surface area contributed by atoms with Crippen LogP contribution >= 0.6 is 43.5 Å². The van der Waals surface area contributed by atoms with Crippen LogP contribution in [0.5, 0.6) is 0 Å². The molecule has 0 aliphatic heterocycles. The number of carbonyl (C=O) groups is 4. The van der Waals surface area contributed by atoms with Crippen molar-refractivity contribution in [2.24, 2.45) is 0 Å². The molecule has 0 saturated heterocycles. The van der Waals surface area contributed by atoms with Crippen molar-refractivity contribution >= 4 is 67.3 Å². The lowest BCUT2D eigenvalue weighted by Crippen LogP contribution is -2.31. The number of aliphatic carboxylic acids is 4. The summed E-state index contributed by atoms with van der Waals surface area (Å²) in [7, 11) is 0. The zero-order chi connectivity index (χ0) is 68.7. The van der Waals surface area contributed by atoms with E-state index < -0.39 is 63.3 Å². The maximum Gasteiger partial charge on any atom is 0.328 e. The fourth-order valence-electron chi connectivity index (χ4n) is 9.34. The van der Waals surface area contributed by atoms with Gasteiger partial charge in [-0.1, -0.05) is 122 Å². The smallest absolute Gasteiger partial charge is 0.328 e.